The quantitative estimate of drug-likeness (QED) is 0.709. The monoisotopic (exact) mass is 360 g/mol. The maximum atomic E-state index is 12.5. The van der Waals surface area contributed by atoms with Crippen molar-refractivity contribution in [1.29, 1.82) is 0 Å². The van der Waals surface area contributed by atoms with Crippen LogP contribution in [0.4, 0.5) is 0 Å². The average molecular weight is 361 g/mol. The number of piperazine rings is 1. The van der Waals surface area contributed by atoms with Crippen LogP contribution in [0.2, 0.25) is 0 Å². The molecule has 0 atom stereocenters. The fraction of sp³-hybridized carbons (Fsp3) is 0.800. The highest BCUT2D eigenvalue weighted by molar-refractivity contribution is 7.86. The van der Waals surface area contributed by atoms with Gasteiger partial charge in [0.15, 0.2) is 0 Å². The van der Waals surface area contributed by atoms with Crippen molar-refractivity contribution >= 4 is 21.5 Å². The van der Waals surface area contributed by atoms with Gasteiger partial charge in [0.1, 0.15) is 0 Å². The average Bonchev–Trinajstić information content (AvgIpc) is 2.96. The Hall–Kier alpha value is -0.540. The first-order chi connectivity index (χ1) is 11.0. The van der Waals surface area contributed by atoms with Crippen molar-refractivity contribution in [3.63, 3.8) is 0 Å². The molecule has 1 aliphatic rings. The van der Waals surface area contributed by atoms with Crippen LogP contribution >= 0.6 is 11.3 Å². The van der Waals surface area contributed by atoms with Crippen LogP contribution < -0.4 is 0 Å². The first-order valence-corrected chi connectivity index (χ1v) is 10.7. The van der Waals surface area contributed by atoms with Crippen LogP contribution in [0.15, 0.2) is 5.38 Å². The molecule has 1 saturated heterocycles. The van der Waals surface area contributed by atoms with Gasteiger partial charge in [-0.1, -0.05) is 20.8 Å². The van der Waals surface area contributed by atoms with E-state index in [1.165, 1.54) is 9.31 Å². The number of hydrogen-bond acceptors (Lipinski definition) is 5. The van der Waals surface area contributed by atoms with E-state index >= 15 is 0 Å². The second-order valence-corrected chi connectivity index (χ2v) is 8.62. The Labute approximate surface area is 144 Å². The van der Waals surface area contributed by atoms with Crippen molar-refractivity contribution in [3.05, 3.63) is 16.1 Å². The number of thiazole rings is 1. The van der Waals surface area contributed by atoms with Crippen LogP contribution in [0.3, 0.4) is 0 Å². The van der Waals surface area contributed by atoms with Crippen LogP contribution in [0.1, 0.15) is 37.9 Å². The minimum absolute atomic E-state index is 0.526. The molecule has 0 N–H and O–H groups in total. The Morgan fingerprint density at radius 2 is 1.83 bits per heavy atom. The van der Waals surface area contributed by atoms with E-state index in [2.05, 4.69) is 22.2 Å². The molecule has 132 valence electrons. The lowest BCUT2D eigenvalue weighted by Crippen LogP contribution is -2.52. The zero-order chi connectivity index (χ0) is 16.9. The van der Waals surface area contributed by atoms with Gasteiger partial charge in [-0.25, -0.2) is 4.98 Å². The smallest absolute Gasteiger partial charge is 0.282 e. The van der Waals surface area contributed by atoms with Crippen LogP contribution in [-0.2, 0) is 23.2 Å². The molecule has 0 saturated carbocycles. The summed E-state index contributed by atoms with van der Waals surface area (Å²) < 4.78 is 28.2. The zero-order valence-corrected chi connectivity index (χ0v) is 16.0. The number of aryl methyl sites for hydroxylation is 1. The van der Waals surface area contributed by atoms with Crippen molar-refractivity contribution in [2.45, 2.75) is 40.2 Å². The molecule has 0 radical (unpaired) electrons. The molecule has 1 aromatic rings. The molecule has 0 bridgehead atoms. The molecule has 0 aliphatic carbocycles. The third-order valence-corrected chi connectivity index (χ3v) is 7.28. The standard InChI is InChI=1S/C15H28N4O2S2/c1-4-7-15-16-14(13-22-15)12-17-8-10-19(11-9-17)23(20,21)18(5-2)6-3/h13H,4-12H2,1-3H3. The second kappa shape index (κ2) is 8.53. The van der Waals surface area contributed by atoms with Gasteiger partial charge in [-0.3, -0.25) is 4.90 Å². The molecule has 0 aromatic carbocycles. The SMILES string of the molecule is CCCc1nc(CN2CCN(S(=O)(=O)N(CC)CC)CC2)cs1. The third-order valence-electron chi connectivity index (χ3n) is 4.14. The van der Waals surface area contributed by atoms with Gasteiger partial charge in [0.25, 0.3) is 10.2 Å². The van der Waals surface area contributed by atoms with Crippen molar-refractivity contribution in [2.75, 3.05) is 39.3 Å². The molecule has 0 unspecified atom stereocenters. The summed E-state index contributed by atoms with van der Waals surface area (Å²) in [5.41, 5.74) is 1.11. The van der Waals surface area contributed by atoms with E-state index in [1.54, 1.807) is 15.6 Å². The maximum Gasteiger partial charge on any atom is 0.282 e. The largest absolute Gasteiger partial charge is 0.295 e. The number of nitrogens with zero attached hydrogens (tertiary/aromatic N) is 4. The molecule has 1 fully saturated rings. The van der Waals surface area contributed by atoms with E-state index in [4.69, 9.17) is 0 Å². The van der Waals surface area contributed by atoms with Crippen LogP contribution in [-0.4, -0.2) is 66.2 Å². The van der Waals surface area contributed by atoms with Gasteiger partial charge in [-0.2, -0.15) is 17.0 Å². The van der Waals surface area contributed by atoms with Crippen LogP contribution in [0.5, 0.6) is 0 Å². The predicted molar refractivity (Wildman–Crippen MR) is 94.8 cm³/mol. The first kappa shape index (κ1) is 18.8. The van der Waals surface area contributed by atoms with Gasteiger partial charge in [0.05, 0.1) is 10.7 Å². The lowest BCUT2D eigenvalue weighted by molar-refractivity contribution is 0.174. The summed E-state index contributed by atoms with van der Waals surface area (Å²) in [6, 6.07) is 0. The summed E-state index contributed by atoms with van der Waals surface area (Å²) in [4.78, 5) is 6.94. The van der Waals surface area contributed by atoms with E-state index in [-0.39, 0.29) is 0 Å². The Kier molecular flexibility index (Phi) is 6.97. The van der Waals surface area contributed by atoms with Gasteiger partial charge >= 0.3 is 0 Å². The van der Waals surface area contributed by atoms with Crippen molar-refractivity contribution < 1.29 is 8.42 Å². The Bertz CT molecular complexity index is 576. The summed E-state index contributed by atoms with van der Waals surface area (Å²) in [5.74, 6) is 0. The molecule has 0 amide bonds. The van der Waals surface area contributed by atoms with Gasteiger partial charge in [-0.15, -0.1) is 11.3 Å². The fourth-order valence-electron chi connectivity index (χ4n) is 2.81. The zero-order valence-electron chi connectivity index (χ0n) is 14.4. The fourth-order valence-corrected chi connectivity index (χ4v) is 5.31. The highest BCUT2D eigenvalue weighted by atomic mass is 32.2. The molecule has 1 aliphatic heterocycles. The van der Waals surface area contributed by atoms with Gasteiger partial charge in [0, 0.05) is 51.2 Å². The first-order valence-electron chi connectivity index (χ1n) is 8.42. The highest BCUT2D eigenvalue weighted by Crippen LogP contribution is 2.16. The van der Waals surface area contributed by atoms with E-state index < -0.39 is 10.2 Å². The third kappa shape index (κ3) is 4.73. The minimum atomic E-state index is -3.30. The molecule has 6 nitrogen and oxygen atoms in total. The maximum absolute atomic E-state index is 12.5. The number of aromatic nitrogens is 1. The molecule has 0 spiro atoms. The Morgan fingerprint density at radius 1 is 1.17 bits per heavy atom. The Morgan fingerprint density at radius 3 is 2.39 bits per heavy atom. The van der Waals surface area contributed by atoms with Crippen LogP contribution in [0.25, 0.3) is 0 Å². The molecule has 2 heterocycles. The van der Waals surface area contributed by atoms with E-state index in [1.807, 2.05) is 13.8 Å². The van der Waals surface area contributed by atoms with Crippen molar-refractivity contribution in [3.8, 4) is 0 Å². The van der Waals surface area contributed by atoms with Crippen LogP contribution in [0, 0.1) is 0 Å². The molecular formula is C15H28N4O2S2. The summed E-state index contributed by atoms with van der Waals surface area (Å²) >= 11 is 1.73. The lowest BCUT2D eigenvalue weighted by atomic mass is 10.3. The normalized spacial score (nSPS) is 17.9. The predicted octanol–water partition coefficient (Wildman–Crippen LogP) is 1.80. The van der Waals surface area contributed by atoms with Crippen molar-refractivity contribution in [2.24, 2.45) is 0 Å². The second-order valence-electron chi connectivity index (χ2n) is 5.75. The van der Waals surface area contributed by atoms with Gasteiger partial charge in [0.2, 0.25) is 0 Å². The topological polar surface area (TPSA) is 56.8 Å². The molecular weight excluding hydrogens is 332 g/mol. The lowest BCUT2D eigenvalue weighted by Gasteiger charge is -2.36. The van der Waals surface area contributed by atoms with Crippen molar-refractivity contribution in [1.82, 2.24) is 18.5 Å². The summed E-state index contributed by atoms with van der Waals surface area (Å²) in [7, 11) is -3.30. The van der Waals surface area contributed by atoms with E-state index in [0.717, 1.165) is 38.2 Å². The minimum Gasteiger partial charge on any atom is -0.295 e. The molecule has 1 aromatic heterocycles. The molecule has 23 heavy (non-hydrogen) atoms. The summed E-state index contributed by atoms with van der Waals surface area (Å²) in [6.07, 6.45) is 2.16. The van der Waals surface area contributed by atoms with Gasteiger partial charge < -0.3 is 0 Å². The highest BCUT2D eigenvalue weighted by Gasteiger charge is 2.30. The number of rotatable bonds is 8. The van der Waals surface area contributed by atoms with E-state index in [0.29, 0.717) is 26.2 Å². The van der Waals surface area contributed by atoms with Gasteiger partial charge in [-0.05, 0) is 12.8 Å². The summed E-state index contributed by atoms with van der Waals surface area (Å²) in [6.45, 7) is 10.4. The van der Waals surface area contributed by atoms with E-state index in [9.17, 15) is 8.42 Å². The summed E-state index contributed by atoms with van der Waals surface area (Å²) in [5, 5.41) is 3.33. The molecule has 2 rings (SSSR count). The number of hydrogen-bond donors (Lipinski definition) is 0. The molecule has 8 heteroatoms. The Balaban J connectivity index is 1.88.